The van der Waals surface area contributed by atoms with E-state index in [1.54, 1.807) is 0 Å². The van der Waals surface area contributed by atoms with Gasteiger partial charge in [-0.15, -0.1) is 0 Å². The molecule has 1 saturated heterocycles. The molecule has 3 unspecified atom stereocenters. The van der Waals surface area contributed by atoms with Crippen molar-refractivity contribution in [3.05, 3.63) is 35.4 Å². The molecule has 0 saturated carbocycles. The van der Waals surface area contributed by atoms with Crippen molar-refractivity contribution >= 4 is 5.78 Å². The van der Waals surface area contributed by atoms with Gasteiger partial charge in [0.25, 0.3) is 0 Å². The van der Waals surface area contributed by atoms with E-state index >= 15 is 0 Å². The van der Waals surface area contributed by atoms with Gasteiger partial charge in [-0.1, -0.05) is 24.3 Å². The van der Waals surface area contributed by atoms with Gasteiger partial charge in [0, 0.05) is 23.6 Å². The Hall–Kier alpha value is -1.19. The average Bonchev–Trinajstić information content (AvgIpc) is 2.68. The summed E-state index contributed by atoms with van der Waals surface area (Å²) in [6, 6.07) is 8.43. The van der Waals surface area contributed by atoms with Crippen molar-refractivity contribution in [3.63, 3.8) is 0 Å². The van der Waals surface area contributed by atoms with Crippen LogP contribution in [-0.2, 0) is 11.2 Å². The van der Waals surface area contributed by atoms with Crippen LogP contribution < -0.4 is 5.32 Å². The summed E-state index contributed by atoms with van der Waals surface area (Å²) in [5.41, 5.74) is 2.08. The Balaban J connectivity index is 1.81. The van der Waals surface area contributed by atoms with Crippen molar-refractivity contribution in [1.82, 2.24) is 5.32 Å². The molecule has 17 heavy (non-hydrogen) atoms. The van der Waals surface area contributed by atoms with E-state index in [2.05, 4.69) is 18.3 Å². The standard InChI is InChI=1S/C14H17NO2/c1-9-7-17-8-13(15-9)12-6-10-4-2-3-5-11(10)14(12)16/h2-5,9,12-13,15H,6-8H2,1H3. The van der Waals surface area contributed by atoms with Crippen LogP contribution in [0, 0.1) is 5.92 Å². The van der Waals surface area contributed by atoms with Crippen LogP contribution in [0.1, 0.15) is 22.8 Å². The lowest BCUT2D eigenvalue weighted by atomic mass is 9.94. The van der Waals surface area contributed by atoms with Crippen LogP contribution >= 0.6 is 0 Å². The number of ketones is 1. The second-order valence-electron chi connectivity index (χ2n) is 5.04. The highest BCUT2D eigenvalue weighted by Gasteiger charge is 2.37. The second-order valence-corrected chi connectivity index (χ2v) is 5.04. The molecule has 3 rings (SSSR count). The lowest BCUT2D eigenvalue weighted by Gasteiger charge is -2.32. The molecule has 3 atom stereocenters. The molecule has 1 aromatic rings. The van der Waals surface area contributed by atoms with Gasteiger partial charge in [0.2, 0.25) is 0 Å². The van der Waals surface area contributed by atoms with Crippen LogP contribution in [0.3, 0.4) is 0 Å². The molecule has 1 aliphatic carbocycles. The first-order valence-corrected chi connectivity index (χ1v) is 6.21. The molecule has 1 aromatic carbocycles. The number of benzene rings is 1. The SMILES string of the molecule is CC1COCC(C2Cc3ccccc3C2=O)N1. The number of Topliss-reactive ketones (excluding diaryl/α,β-unsaturated/α-hetero) is 1. The van der Waals surface area contributed by atoms with Gasteiger partial charge >= 0.3 is 0 Å². The minimum absolute atomic E-state index is 0.0511. The maximum absolute atomic E-state index is 12.3. The fourth-order valence-corrected chi connectivity index (χ4v) is 2.86. The zero-order valence-electron chi connectivity index (χ0n) is 9.98. The molecule has 0 radical (unpaired) electrons. The molecule has 1 N–H and O–H groups in total. The summed E-state index contributed by atoms with van der Waals surface area (Å²) in [5, 5.41) is 3.48. The van der Waals surface area contributed by atoms with Gasteiger partial charge in [-0.2, -0.15) is 0 Å². The number of hydrogen-bond donors (Lipinski definition) is 1. The molecule has 0 amide bonds. The van der Waals surface area contributed by atoms with E-state index in [9.17, 15) is 4.79 Å². The van der Waals surface area contributed by atoms with Gasteiger partial charge < -0.3 is 10.1 Å². The number of nitrogens with one attached hydrogen (secondary N) is 1. The van der Waals surface area contributed by atoms with Gasteiger partial charge in [0.1, 0.15) is 0 Å². The summed E-state index contributed by atoms with van der Waals surface area (Å²) in [4.78, 5) is 12.3. The average molecular weight is 231 g/mol. The zero-order valence-corrected chi connectivity index (χ0v) is 9.98. The summed E-state index contributed by atoms with van der Waals surface area (Å²) in [5.74, 6) is 0.325. The molecule has 1 aliphatic heterocycles. The monoisotopic (exact) mass is 231 g/mol. The van der Waals surface area contributed by atoms with E-state index in [1.807, 2.05) is 18.2 Å². The third kappa shape index (κ3) is 1.90. The van der Waals surface area contributed by atoms with Crippen molar-refractivity contribution in [2.75, 3.05) is 13.2 Å². The Morgan fingerprint density at radius 2 is 2.12 bits per heavy atom. The molecule has 90 valence electrons. The van der Waals surface area contributed by atoms with Crippen LogP contribution in [0.25, 0.3) is 0 Å². The fraction of sp³-hybridized carbons (Fsp3) is 0.500. The van der Waals surface area contributed by atoms with Crippen LogP contribution in [0.4, 0.5) is 0 Å². The van der Waals surface area contributed by atoms with Crippen LogP contribution in [0.2, 0.25) is 0 Å². The van der Waals surface area contributed by atoms with E-state index < -0.39 is 0 Å². The highest BCUT2D eigenvalue weighted by atomic mass is 16.5. The number of hydrogen-bond acceptors (Lipinski definition) is 3. The fourth-order valence-electron chi connectivity index (χ4n) is 2.86. The third-order valence-corrected chi connectivity index (χ3v) is 3.71. The normalized spacial score (nSPS) is 32.5. The molecule has 3 heteroatoms. The number of morpholine rings is 1. The molecule has 2 aliphatic rings. The predicted octanol–water partition coefficient (Wildman–Crippen LogP) is 1.42. The van der Waals surface area contributed by atoms with Gasteiger partial charge in [0.15, 0.2) is 5.78 Å². The maximum Gasteiger partial charge on any atom is 0.168 e. The van der Waals surface area contributed by atoms with Crippen molar-refractivity contribution in [3.8, 4) is 0 Å². The summed E-state index contributed by atoms with van der Waals surface area (Å²) in [7, 11) is 0. The minimum Gasteiger partial charge on any atom is -0.378 e. The quantitative estimate of drug-likeness (QED) is 0.794. The molecule has 0 aromatic heterocycles. The van der Waals surface area contributed by atoms with E-state index in [1.165, 1.54) is 5.56 Å². The number of carbonyl (C=O) groups is 1. The third-order valence-electron chi connectivity index (χ3n) is 3.71. The van der Waals surface area contributed by atoms with Crippen molar-refractivity contribution in [2.24, 2.45) is 5.92 Å². The number of carbonyl (C=O) groups excluding carboxylic acids is 1. The Morgan fingerprint density at radius 1 is 1.29 bits per heavy atom. The predicted molar refractivity (Wildman–Crippen MR) is 65.2 cm³/mol. The van der Waals surface area contributed by atoms with Crippen molar-refractivity contribution < 1.29 is 9.53 Å². The summed E-state index contributed by atoms with van der Waals surface area (Å²) in [6.07, 6.45) is 0.850. The van der Waals surface area contributed by atoms with Crippen molar-refractivity contribution in [2.45, 2.75) is 25.4 Å². The highest BCUT2D eigenvalue weighted by molar-refractivity contribution is 6.02. The molecule has 3 nitrogen and oxygen atoms in total. The Kier molecular flexibility index (Phi) is 2.73. The van der Waals surface area contributed by atoms with E-state index in [0.29, 0.717) is 12.6 Å². The maximum atomic E-state index is 12.3. The first-order valence-electron chi connectivity index (χ1n) is 6.21. The van der Waals surface area contributed by atoms with Crippen LogP contribution in [-0.4, -0.2) is 31.1 Å². The lowest BCUT2D eigenvalue weighted by molar-refractivity contribution is 0.0321. The van der Waals surface area contributed by atoms with E-state index in [-0.39, 0.29) is 17.7 Å². The molecule has 1 fully saturated rings. The summed E-state index contributed by atoms with van der Waals surface area (Å²) in [6.45, 7) is 3.48. The molecular weight excluding hydrogens is 214 g/mol. The molecule has 0 spiro atoms. The summed E-state index contributed by atoms with van der Waals surface area (Å²) >= 11 is 0. The second kappa shape index (κ2) is 4.24. The molecule has 1 heterocycles. The highest BCUT2D eigenvalue weighted by Crippen LogP contribution is 2.29. The van der Waals surface area contributed by atoms with Gasteiger partial charge in [-0.3, -0.25) is 4.79 Å². The Bertz CT molecular complexity index is 444. The van der Waals surface area contributed by atoms with E-state index in [0.717, 1.165) is 18.6 Å². The molecular formula is C14H17NO2. The first-order chi connectivity index (χ1) is 8.25. The van der Waals surface area contributed by atoms with Gasteiger partial charge in [0.05, 0.1) is 13.2 Å². The first kappa shape index (κ1) is 10.9. The van der Waals surface area contributed by atoms with Crippen LogP contribution in [0.15, 0.2) is 24.3 Å². The van der Waals surface area contributed by atoms with Crippen LogP contribution in [0.5, 0.6) is 0 Å². The van der Waals surface area contributed by atoms with Crippen molar-refractivity contribution in [1.29, 1.82) is 0 Å². The van der Waals surface area contributed by atoms with Gasteiger partial charge in [-0.25, -0.2) is 0 Å². The zero-order chi connectivity index (χ0) is 11.8. The lowest BCUT2D eigenvalue weighted by Crippen LogP contribution is -2.52. The number of ether oxygens (including phenoxy) is 1. The number of rotatable bonds is 1. The number of fused-ring (bicyclic) bond motifs is 1. The largest absolute Gasteiger partial charge is 0.378 e. The summed E-state index contributed by atoms with van der Waals surface area (Å²) < 4.78 is 5.54. The minimum atomic E-state index is 0.0511. The topological polar surface area (TPSA) is 38.3 Å². The smallest absolute Gasteiger partial charge is 0.168 e. The Morgan fingerprint density at radius 3 is 2.88 bits per heavy atom. The van der Waals surface area contributed by atoms with Gasteiger partial charge in [-0.05, 0) is 18.9 Å². The Labute approximate surface area is 101 Å². The molecule has 0 bridgehead atoms. The van der Waals surface area contributed by atoms with E-state index in [4.69, 9.17) is 4.74 Å².